The number of rotatable bonds is 0. The molecule has 0 saturated carbocycles. The Morgan fingerprint density at radius 2 is 1.82 bits per heavy atom. The van der Waals surface area contributed by atoms with Crippen molar-refractivity contribution in [2.75, 3.05) is 7.05 Å². The molecule has 0 aliphatic heterocycles. The van der Waals surface area contributed by atoms with Crippen molar-refractivity contribution in [1.29, 1.82) is 5.26 Å². The summed E-state index contributed by atoms with van der Waals surface area (Å²) in [6, 6.07) is 0. The summed E-state index contributed by atoms with van der Waals surface area (Å²) in [6.45, 7) is 0. The molecule has 0 atom stereocenters. The van der Waals surface area contributed by atoms with Gasteiger partial charge in [-0.25, -0.2) is 4.79 Å². The first-order valence-corrected chi connectivity index (χ1v) is 2.22. The Bertz CT molecular complexity index is 160. The lowest BCUT2D eigenvalue weighted by atomic mass is 10.7. The highest BCUT2D eigenvalue weighted by molar-refractivity contribution is 5.73. The molecule has 0 aromatic heterocycles. The standard InChI is InChI=1S/C2HF3O2.C2H4N2/c3-2(4,5)1(6)7;1-4-2-3/h(H,6,7);4H,1H3. The van der Waals surface area contributed by atoms with E-state index >= 15 is 0 Å². The first-order chi connectivity index (χ1) is 4.86. The van der Waals surface area contributed by atoms with E-state index in [0.717, 1.165) is 0 Å². The average molecular weight is 170 g/mol. The summed E-state index contributed by atoms with van der Waals surface area (Å²) in [5, 5.41) is 16.9. The molecule has 0 spiro atoms. The van der Waals surface area contributed by atoms with Gasteiger partial charge in [-0.3, -0.25) is 0 Å². The van der Waals surface area contributed by atoms with Crippen molar-refractivity contribution in [2.45, 2.75) is 6.18 Å². The van der Waals surface area contributed by atoms with E-state index in [2.05, 4.69) is 5.32 Å². The molecule has 0 saturated heterocycles. The van der Waals surface area contributed by atoms with Crippen molar-refractivity contribution in [1.82, 2.24) is 5.32 Å². The van der Waals surface area contributed by atoms with Gasteiger partial charge in [0.15, 0.2) is 6.19 Å². The third-order valence-corrected chi connectivity index (χ3v) is 0.354. The van der Waals surface area contributed by atoms with E-state index in [4.69, 9.17) is 15.2 Å². The topological polar surface area (TPSA) is 73.1 Å². The molecule has 0 aliphatic carbocycles. The number of carboxylic acid groups (broad SMARTS) is 1. The number of hydrogen-bond acceptors (Lipinski definition) is 3. The molecule has 7 heteroatoms. The van der Waals surface area contributed by atoms with E-state index in [-0.39, 0.29) is 0 Å². The molecule has 2 N–H and O–H groups in total. The molecular formula is C4H5F3N2O2. The van der Waals surface area contributed by atoms with Crippen LogP contribution in [0.5, 0.6) is 0 Å². The van der Waals surface area contributed by atoms with Gasteiger partial charge in [0.25, 0.3) is 0 Å². The predicted molar refractivity (Wildman–Crippen MR) is 28.4 cm³/mol. The zero-order valence-corrected chi connectivity index (χ0v) is 5.44. The molecule has 64 valence electrons. The molecule has 0 rings (SSSR count). The Labute approximate surface area is 60.2 Å². The third-order valence-electron chi connectivity index (χ3n) is 0.354. The van der Waals surface area contributed by atoms with Crippen molar-refractivity contribution < 1.29 is 23.1 Å². The van der Waals surface area contributed by atoms with Crippen LogP contribution in [0.1, 0.15) is 0 Å². The highest BCUT2D eigenvalue weighted by atomic mass is 19.4. The molecule has 0 amide bonds. The van der Waals surface area contributed by atoms with E-state index in [1.54, 1.807) is 13.2 Å². The molecule has 0 aromatic carbocycles. The van der Waals surface area contributed by atoms with E-state index in [9.17, 15) is 13.2 Å². The fourth-order valence-corrected chi connectivity index (χ4v) is 0. The largest absolute Gasteiger partial charge is 0.490 e. The average Bonchev–Trinajstić information content (AvgIpc) is 1.87. The minimum absolute atomic E-state index is 1.57. The normalized spacial score (nSPS) is 8.64. The second-order valence-electron chi connectivity index (χ2n) is 1.16. The van der Waals surface area contributed by atoms with Gasteiger partial charge in [-0.05, 0) is 0 Å². The summed E-state index contributed by atoms with van der Waals surface area (Å²) in [5.41, 5.74) is 0. The number of aliphatic carboxylic acids is 1. The van der Waals surface area contributed by atoms with Gasteiger partial charge < -0.3 is 10.4 Å². The summed E-state index contributed by atoms with van der Waals surface area (Å²) in [7, 11) is 1.57. The molecule has 0 fully saturated rings. The van der Waals surface area contributed by atoms with E-state index in [1.807, 2.05) is 0 Å². The van der Waals surface area contributed by atoms with Crippen LogP contribution in [-0.2, 0) is 4.79 Å². The van der Waals surface area contributed by atoms with Crippen LogP contribution < -0.4 is 5.32 Å². The summed E-state index contributed by atoms with van der Waals surface area (Å²) in [6.07, 6.45) is -3.40. The Balaban J connectivity index is 0. The van der Waals surface area contributed by atoms with Crippen molar-refractivity contribution in [3.05, 3.63) is 0 Å². The van der Waals surface area contributed by atoms with Gasteiger partial charge in [-0.1, -0.05) is 0 Å². The van der Waals surface area contributed by atoms with Crippen LogP contribution in [0.2, 0.25) is 0 Å². The van der Waals surface area contributed by atoms with Crippen molar-refractivity contribution in [3.63, 3.8) is 0 Å². The monoisotopic (exact) mass is 170 g/mol. The SMILES string of the molecule is CNC#N.O=C(O)C(F)(F)F. The number of carboxylic acids is 1. The van der Waals surface area contributed by atoms with Crippen LogP contribution in [0.15, 0.2) is 0 Å². The Hall–Kier alpha value is -1.45. The second-order valence-corrected chi connectivity index (χ2v) is 1.16. The molecule has 0 aliphatic rings. The van der Waals surface area contributed by atoms with Crippen LogP contribution in [0, 0.1) is 11.5 Å². The number of nitrogens with zero attached hydrogens (tertiary/aromatic N) is 1. The lowest BCUT2D eigenvalue weighted by Crippen LogP contribution is -2.21. The number of carbonyl (C=O) groups is 1. The molecule has 0 aromatic rings. The quantitative estimate of drug-likeness (QED) is 0.405. The van der Waals surface area contributed by atoms with Gasteiger partial charge in [0, 0.05) is 7.05 Å². The molecule has 0 unspecified atom stereocenters. The molecular weight excluding hydrogens is 165 g/mol. The number of nitrogens with one attached hydrogen (secondary N) is 1. The van der Waals surface area contributed by atoms with Crippen molar-refractivity contribution >= 4 is 5.97 Å². The lowest BCUT2D eigenvalue weighted by molar-refractivity contribution is -0.192. The van der Waals surface area contributed by atoms with Crippen LogP contribution in [-0.4, -0.2) is 24.3 Å². The van der Waals surface area contributed by atoms with Gasteiger partial charge in [-0.2, -0.15) is 18.4 Å². The second kappa shape index (κ2) is 5.34. The Kier molecular flexibility index (Phi) is 5.95. The maximum atomic E-state index is 10.6. The summed E-state index contributed by atoms with van der Waals surface area (Å²) >= 11 is 0. The number of halogens is 3. The van der Waals surface area contributed by atoms with Gasteiger partial charge >= 0.3 is 12.1 Å². The van der Waals surface area contributed by atoms with Crippen LogP contribution in [0.3, 0.4) is 0 Å². The minimum Gasteiger partial charge on any atom is -0.475 e. The molecule has 4 nitrogen and oxygen atoms in total. The maximum absolute atomic E-state index is 10.6. The highest BCUT2D eigenvalue weighted by Gasteiger charge is 2.38. The number of alkyl halides is 3. The van der Waals surface area contributed by atoms with Gasteiger partial charge in [0.2, 0.25) is 0 Å². The predicted octanol–water partition coefficient (Wildman–Crippen LogP) is 0.320. The zero-order chi connectivity index (χ0) is 9.49. The third kappa shape index (κ3) is 11.9. The molecule has 0 heterocycles. The van der Waals surface area contributed by atoms with E-state index in [0.29, 0.717) is 0 Å². The zero-order valence-electron chi connectivity index (χ0n) is 5.44. The summed E-state index contributed by atoms with van der Waals surface area (Å²) in [5.74, 6) is -2.76. The smallest absolute Gasteiger partial charge is 0.475 e. The van der Waals surface area contributed by atoms with E-state index < -0.39 is 12.1 Å². The van der Waals surface area contributed by atoms with Crippen LogP contribution >= 0.6 is 0 Å². The Morgan fingerprint density at radius 3 is 1.82 bits per heavy atom. The van der Waals surface area contributed by atoms with Crippen LogP contribution in [0.4, 0.5) is 13.2 Å². The van der Waals surface area contributed by atoms with Crippen LogP contribution in [0.25, 0.3) is 0 Å². The first kappa shape index (κ1) is 12.2. The van der Waals surface area contributed by atoms with Gasteiger partial charge in [-0.15, -0.1) is 0 Å². The lowest BCUT2D eigenvalue weighted by Gasteiger charge is -1.93. The molecule has 11 heavy (non-hydrogen) atoms. The summed E-state index contributed by atoms with van der Waals surface area (Å²) < 4.78 is 31.7. The number of hydrogen-bond donors (Lipinski definition) is 2. The van der Waals surface area contributed by atoms with Gasteiger partial charge in [0.1, 0.15) is 0 Å². The minimum atomic E-state index is -5.08. The van der Waals surface area contributed by atoms with E-state index in [1.165, 1.54) is 0 Å². The first-order valence-electron chi connectivity index (χ1n) is 2.22. The summed E-state index contributed by atoms with van der Waals surface area (Å²) in [4.78, 5) is 8.90. The molecule has 0 bridgehead atoms. The highest BCUT2D eigenvalue weighted by Crippen LogP contribution is 2.13. The molecule has 0 radical (unpaired) electrons. The van der Waals surface area contributed by atoms with Crippen molar-refractivity contribution in [3.8, 4) is 6.19 Å². The fraction of sp³-hybridized carbons (Fsp3) is 0.500. The number of nitriles is 1. The fourth-order valence-electron chi connectivity index (χ4n) is 0. The maximum Gasteiger partial charge on any atom is 0.490 e. The van der Waals surface area contributed by atoms with Crippen molar-refractivity contribution in [2.24, 2.45) is 0 Å². The van der Waals surface area contributed by atoms with Gasteiger partial charge in [0.05, 0.1) is 0 Å². The Morgan fingerprint density at radius 1 is 1.64 bits per heavy atom.